The zero-order chi connectivity index (χ0) is 23.0. The van der Waals surface area contributed by atoms with E-state index in [0.717, 1.165) is 16.5 Å². The molecule has 1 amide bonds. The minimum absolute atomic E-state index is 0.161. The van der Waals surface area contributed by atoms with Gasteiger partial charge in [-0.1, -0.05) is 66.4 Å². The molecule has 3 aromatic carbocycles. The first-order valence-electron chi connectivity index (χ1n) is 10.4. The highest BCUT2D eigenvalue weighted by Gasteiger charge is 2.15. The number of allylic oxidation sites excluding steroid dienone is 1. The molecule has 0 fully saturated rings. The summed E-state index contributed by atoms with van der Waals surface area (Å²) in [6.07, 6.45) is 1.77. The summed E-state index contributed by atoms with van der Waals surface area (Å²) < 4.78 is 13.3. The lowest BCUT2D eigenvalue weighted by molar-refractivity contribution is -0.113. The number of carbonyl (C=O) groups is 1. The number of nitrogens with one attached hydrogen (secondary N) is 1. The number of carbonyl (C=O) groups excluding carboxylic acids is 1. The maximum atomic E-state index is 12.5. The molecule has 1 N–H and O–H groups in total. The summed E-state index contributed by atoms with van der Waals surface area (Å²) >= 11 is 1.31. The first-order valence-corrected chi connectivity index (χ1v) is 11.4. The molecular formula is C25H24N4O3S. The molecule has 0 bridgehead atoms. The molecule has 0 aliphatic heterocycles. The SMILES string of the molecule is C=CCn1c(COc2cccc3ccccc23)nnc1SCC(=O)Nc1ccccc1OC. The molecule has 33 heavy (non-hydrogen) atoms. The fourth-order valence-corrected chi connectivity index (χ4v) is 4.14. The van der Waals surface area contributed by atoms with E-state index in [1.165, 1.54) is 11.8 Å². The zero-order valence-electron chi connectivity index (χ0n) is 18.2. The van der Waals surface area contributed by atoms with Crippen molar-refractivity contribution in [3.8, 4) is 11.5 Å². The van der Waals surface area contributed by atoms with Crippen LogP contribution in [0.15, 0.2) is 84.5 Å². The van der Waals surface area contributed by atoms with Crippen molar-refractivity contribution < 1.29 is 14.3 Å². The van der Waals surface area contributed by atoms with Gasteiger partial charge in [-0.15, -0.1) is 16.8 Å². The minimum atomic E-state index is -0.161. The Hall–Kier alpha value is -3.78. The number of fused-ring (bicyclic) bond motifs is 1. The third-order valence-corrected chi connectivity index (χ3v) is 5.89. The van der Waals surface area contributed by atoms with Gasteiger partial charge in [-0.2, -0.15) is 0 Å². The Balaban J connectivity index is 1.43. The van der Waals surface area contributed by atoms with Crippen LogP contribution < -0.4 is 14.8 Å². The molecule has 0 radical (unpaired) electrons. The highest BCUT2D eigenvalue weighted by atomic mass is 32.2. The molecule has 0 saturated carbocycles. The number of amides is 1. The van der Waals surface area contributed by atoms with Crippen LogP contribution in [0.3, 0.4) is 0 Å². The minimum Gasteiger partial charge on any atom is -0.495 e. The molecule has 0 unspecified atom stereocenters. The lowest BCUT2D eigenvalue weighted by atomic mass is 10.1. The third-order valence-electron chi connectivity index (χ3n) is 4.92. The molecule has 8 heteroatoms. The summed E-state index contributed by atoms with van der Waals surface area (Å²) in [5, 5.41) is 14.2. The molecule has 0 spiro atoms. The molecule has 7 nitrogen and oxygen atoms in total. The largest absolute Gasteiger partial charge is 0.495 e. The number of hydrogen-bond donors (Lipinski definition) is 1. The van der Waals surface area contributed by atoms with Gasteiger partial charge in [0.2, 0.25) is 5.91 Å². The van der Waals surface area contributed by atoms with Gasteiger partial charge in [-0.25, -0.2) is 0 Å². The summed E-state index contributed by atoms with van der Waals surface area (Å²) in [6, 6.07) is 21.3. The highest BCUT2D eigenvalue weighted by molar-refractivity contribution is 7.99. The number of anilines is 1. The van der Waals surface area contributed by atoms with Crippen LogP contribution in [0.4, 0.5) is 5.69 Å². The van der Waals surface area contributed by atoms with Crippen LogP contribution in [0.1, 0.15) is 5.82 Å². The zero-order valence-corrected chi connectivity index (χ0v) is 19.0. The van der Waals surface area contributed by atoms with Gasteiger partial charge in [0.05, 0.1) is 18.6 Å². The number of aromatic nitrogens is 3. The monoisotopic (exact) mass is 460 g/mol. The number of methoxy groups -OCH3 is 1. The van der Waals surface area contributed by atoms with E-state index in [0.29, 0.717) is 29.0 Å². The maximum absolute atomic E-state index is 12.5. The molecule has 1 heterocycles. The summed E-state index contributed by atoms with van der Waals surface area (Å²) in [6.45, 7) is 4.59. The van der Waals surface area contributed by atoms with Crippen LogP contribution in [0.5, 0.6) is 11.5 Å². The maximum Gasteiger partial charge on any atom is 0.234 e. The van der Waals surface area contributed by atoms with Crippen molar-refractivity contribution in [3.63, 3.8) is 0 Å². The summed E-state index contributed by atoms with van der Waals surface area (Å²) in [4.78, 5) is 12.5. The van der Waals surface area contributed by atoms with Gasteiger partial charge in [0.1, 0.15) is 18.1 Å². The molecule has 0 aliphatic carbocycles. The number of para-hydroxylation sites is 2. The van der Waals surface area contributed by atoms with Gasteiger partial charge >= 0.3 is 0 Å². The number of benzene rings is 3. The molecule has 0 atom stereocenters. The van der Waals surface area contributed by atoms with Gasteiger partial charge in [-0.3, -0.25) is 9.36 Å². The topological polar surface area (TPSA) is 78.3 Å². The Morgan fingerprint density at radius 1 is 1.06 bits per heavy atom. The normalized spacial score (nSPS) is 10.7. The molecule has 0 saturated heterocycles. The van der Waals surface area contributed by atoms with Crippen molar-refractivity contribution in [1.82, 2.24) is 14.8 Å². The van der Waals surface area contributed by atoms with Gasteiger partial charge < -0.3 is 14.8 Å². The van der Waals surface area contributed by atoms with E-state index in [2.05, 4.69) is 22.1 Å². The van der Waals surface area contributed by atoms with Crippen LogP contribution >= 0.6 is 11.8 Å². The molecule has 4 aromatic rings. The van der Waals surface area contributed by atoms with Crippen LogP contribution in [0.25, 0.3) is 10.8 Å². The van der Waals surface area contributed by atoms with Crippen molar-refractivity contribution in [1.29, 1.82) is 0 Å². The fourth-order valence-electron chi connectivity index (χ4n) is 3.37. The van der Waals surface area contributed by atoms with E-state index in [1.54, 1.807) is 25.3 Å². The van der Waals surface area contributed by atoms with Crippen molar-refractivity contribution in [2.45, 2.75) is 18.3 Å². The first kappa shape index (κ1) is 22.4. The number of ether oxygens (including phenoxy) is 2. The Morgan fingerprint density at radius 3 is 2.67 bits per heavy atom. The summed E-state index contributed by atoms with van der Waals surface area (Å²) in [5.74, 6) is 2.07. The molecule has 0 aliphatic rings. The van der Waals surface area contributed by atoms with E-state index >= 15 is 0 Å². The van der Waals surface area contributed by atoms with E-state index in [4.69, 9.17) is 9.47 Å². The smallest absolute Gasteiger partial charge is 0.234 e. The predicted octanol–water partition coefficient (Wildman–Crippen LogP) is 4.94. The van der Waals surface area contributed by atoms with Gasteiger partial charge in [0.25, 0.3) is 0 Å². The summed E-state index contributed by atoms with van der Waals surface area (Å²) in [7, 11) is 1.57. The third kappa shape index (κ3) is 5.35. The van der Waals surface area contributed by atoms with E-state index in [1.807, 2.05) is 59.2 Å². The standard InChI is InChI=1S/C25H24N4O3S/c1-3-15-29-23(16-32-21-14-8-10-18-9-4-5-11-19(18)21)27-28-25(29)33-17-24(30)26-20-12-6-7-13-22(20)31-2/h3-14H,1,15-17H2,2H3,(H,26,30). The number of thioether (sulfide) groups is 1. The van der Waals surface area contributed by atoms with E-state index < -0.39 is 0 Å². The van der Waals surface area contributed by atoms with Crippen molar-refractivity contribution in [2.24, 2.45) is 0 Å². The second-order valence-corrected chi connectivity index (χ2v) is 8.04. The molecule has 168 valence electrons. The number of hydrogen-bond acceptors (Lipinski definition) is 6. The fraction of sp³-hybridized carbons (Fsp3) is 0.160. The van der Waals surface area contributed by atoms with Gasteiger partial charge in [0.15, 0.2) is 11.0 Å². The Labute approximate surface area is 196 Å². The van der Waals surface area contributed by atoms with Crippen LogP contribution in [-0.2, 0) is 17.9 Å². The predicted molar refractivity (Wildman–Crippen MR) is 131 cm³/mol. The van der Waals surface area contributed by atoms with E-state index in [9.17, 15) is 4.79 Å². The Morgan fingerprint density at radius 2 is 1.82 bits per heavy atom. The number of rotatable bonds is 10. The van der Waals surface area contributed by atoms with Crippen LogP contribution in [-0.4, -0.2) is 33.5 Å². The Kier molecular flexibility index (Phi) is 7.26. The highest BCUT2D eigenvalue weighted by Crippen LogP contribution is 2.27. The second-order valence-electron chi connectivity index (χ2n) is 7.10. The second kappa shape index (κ2) is 10.7. The van der Waals surface area contributed by atoms with Crippen LogP contribution in [0.2, 0.25) is 0 Å². The lowest BCUT2D eigenvalue weighted by Crippen LogP contribution is -2.15. The first-order chi connectivity index (χ1) is 16.2. The number of nitrogens with zero attached hydrogens (tertiary/aromatic N) is 3. The van der Waals surface area contributed by atoms with Gasteiger partial charge in [-0.05, 0) is 23.6 Å². The Bertz CT molecular complexity index is 1270. The summed E-state index contributed by atoms with van der Waals surface area (Å²) in [5.41, 5.74) is 0.627. The average Bonchev–Trinajstić information content (AvgIpc) is 3.23. The molecule has 4 rings (SSSR count). The van der Waals surface area contributed by atoms with Crippen molar-refractivity contribution in [2.75, 3.05) is 18.2 Å². The van der Waals surface area contributed by atoms with Crippen LogP contribution in [0, 0.1) is 0 Å². The molecule has 1 aromatic heterocycles. The average molecular weight is 461 g/mol. The lowest BCUT2D eigenvalue weighted by Gasteiger charge is -2.11. The van der Waals surface area contributed by atoms with Crippen molar-refractivity contribution in [3.05, 3.63) is 85.2 Å². The molecular weight excluding hydrogens is 436 g/mol. The van der Waals surface area contributed by atoms with Gasteiger partial charge in [0, 0.05) is 11.9 Å². The van der Waals surface area contributed by atoms with Crippen molar-refractivity contribution >= 4 is 34.1 Å². The quantitative estimate of drug-likeness (QED) is 0.267. The van der Waals surface area contributed by atoms with E-state index in [-0.39, 0.29) is 18.3 Å².